The molecule has 0 aliphatic rings. The van der Waals surface area contributed by atoms with Crippen molar-refractivity contribution in [2.24, 2.45) is 5.41 Å². The molecule has 0 aliphatic carbocycles. The highest BCUT2D eigenvalue weighted by atomic mass is 79.9. The third-order valence-corrected chi connectivity index (χ3v) is 5.98. The molecular weight excluding hydrogens is 340 g/mol. The number of benzene rings is 1. The van der Waals surface area contributed by atoms with E-state index >= 15 is 0 Å². The SMILES string of the molecule is CC(C)(CBr)CNS(=O)(=O)c1cccc2ncccc12. The molecule has 1 heterocycles. The Labute approximate surface area is 127 Å². The van der Waals surface area contributed by atoms with E-state index in [0.717, 1.165) is 5.33 Å². The Balaban J connectivity index is 2.38. The lowest BCUT2D eigenvalue weighted by Gasteiger charge is -2.22. The molecule has 0 bridgehead atoms. The highest BCUT2D eigenvalue weighted by molar-refractivity contribution is 9.09. The fraction of sp³-hybridized carbons (Fsp3) is 0.357. The lowest BCUT2D eigenvalue weighted by molar-refractivity contribution is 0.420. The summed E-state index contributed by atoms with van der Waals surface area (Å²) in [6.07, 6.45) is 1.65. The quantitative estimate of drug-likeness (QED) is 0.837. The summed E-state index contributed by atoms with van der Waals surface area (Å²) >= 11 is 3.39. The lowest BCUT2D eigenvalue weighted by Crippen LogP contribution is -2.35. The van der Waals surface area contributed by atoms with Crippen LogP contribution in [0.4, 0.5) is 0 Å². The monoisotopic (exact) mass is 356 g/mol. The van der Waals surface area contributed by atoms with E-state index in [1.165, 1.54) is 0 Å². The van der Waals surface area contributed by atoms with Crippen molar-refractivity contribution in [3.05, 3.63) is 36.5 Å². The fourth-order valence-electron chi connectivity index (χ4n) is 1.72. The van der Waals surface area contributed by atoms with Crippen LogP contribution in [-0.4, -0.2) is 25.3 Å². The second-order valence-corrected chi connectivity index (χ2v) is 7.74. The van der Waals surface area contributed by atoms with Crippen LogP contribution in [0, 0.1) is 5.41 Å². The molecule has 20 heavy (non-hydrogen) atoms. The summed E-state index contributed by atoms with van der Waals surface area (Å²) < 4.78 is 27.6. The average molecular weight is 357 g/mol. The summed E-state index contributed by atoms with van der Waals surface area (Å²) in [5, 5.41) is 1.36. The van der Waals surface area contributed by atoms with E-state index in [-0.39, 0.29) is 10.3 Å². The van der Waals surface area contributed by atoms with Crippen molar-refractivity contribution in [3.63, 3.8) is 0 Å². The number of sulfonamides is 1. The van der Waals surface area contributed by atoms with Gasteiger partial charge in [-0.2, -0.15) is 0 Å². The first-order valence-corrected chi connectivity index (χ1v) is 8.86. The molecule has 108 valence electrons. The van der Waals surface area contributed by atoms with Crippen LogP contribution in [0.15, 0.2) is 41.4 Å². The van der Waals surface area contributed by atoms with Crippen LogP contribution in [-0.2, 0) is 10.0 Å². The zero-order valence-electron chi connectivity index (χ0n) is 11.4. The van der Waals surface area contributed by atoms with Crippen molar-refractivity contribution >= 4 is 36.9 Å². The van der Waals surface area contributed by atoms with E-state index in [4.69, 9.17) is 0 Å². The summed E-state index contributed by atoms with van der Waals surface area (Å²) in [5.74, 6) is 0. The molecule has 2 rings (SSSR count). The lowest BCUT2D eigenvalue weighted by atomic mass is 9.98. The number of rotatable bonds is 5. The van der Waals surface area contributed by atoms with Crippen LogP contribution in [0.5, 0.6) is 0 Å². The fourth-order valence-corrected chi connectivity index (χ4v) is 3.38. The van der Waals surface area contributed by atoms with Crippen molar-refractivity contribution in [1.82, 2.24) is 9.71 Å². The maximum Gasteiger partial charge on any atom is 0.241 e. The average Bonchev–Trinajstić information content (AvgIpc) is 2.45. The van der Waals surface area contributed by atoms with Gasteiger partial charge in [0.25, 0.3) is 0 Å². The molecule has 4 nitrogen and oxygen atoms in total. The molecule has 1 N–H and O–H groups in total. The number of pyridine rings is 1. The summed E-state index contributed by atoms with van der Waals surface area (Å²) in [6.45, 7) is 4.36. The van der Waals surface area contributed by atoms with Crippen molar-refractivity contribution < 1.29 is 8.42 Å². The largest absolute Gasteiger partial charge is 0.256 e. The summed E-state index contributed by atoms with van der Waals surface area (Å²) in [5.41, 5.74) is 0.533. The van der Waals surface area contributed by atoms with Crippen LogP contribution in [0.2, 0.25) is 0 Å². The minimum absolute atomic E-state index is 0.143. The number of halogens is 1. The molecule has 6 heteroatoms. The standard InChI is InChI=1S/C14H17BrN2O2S/c1-14(2,9-15)10-17-20(18,19)13-7-3-6-12-11(13)5-4-8-16-12/h3-8,17H,9-10H2,1-2H3. The molecule has 0 radical (unpaired) electrons. The first kappa shape index (κ1) is 15.4. The van der Waals surface area contributed by atoms with E-state index in [9.17, 15) is 8.42 Å². The first-order valence-electron chi connectivity index (χ1n) is 6.25. The molecule has 0 amide bonds. The van der Waals surface area contributed by atoms with Gasteiger partial charge in [0.05, 0.1) is 10.4 Å². The molecule has 1 aromatic heterocycles. The Bertz CT molecular complexity index is 709. The highest BCUT2D eigenvalue weighted by Crippen LogP contribution is 2.22. The minimum atomic E-state index is -3.54. The van der Waals surface area contributed by atoms with Gasteiger partial charge in [-0.1, -0.05) is 35.8 Å². The van der Waals surface area contributed by atoms with Gasteiger partial charge in [-0.15, -0.1) is 0 Å². The molecular formula is C14H17BrN2O2S. The zero-order chi connectivity index (χ0) is 14.8. The number of nitrogens with zero attached hydrogens (tertiary/aromatic N) is 1. The predicted molar refractivity (Wildman–Crippen MR) is 84.5 cm³/mol. The predicted octanol–water partition coefficient (Wildman–Crippen LogP) is 2.93. The zero-order valence-corrected chi connectivity index (χ0v) is 13.8. The topological polar surface area (TPSA) is 59.1 Å². The Morgan fingerprint density at radius 2 is 2.00 bits per heavy atom. The second kappa shape index (κ2) is 5.79. The normalized spacial score (nSPS) is 12.8. The minimum Gasteiger partial charge on any atom is -0.256 e. The van der Waals surface area contributed by atoms with Crippen LogP contribution >= 0.6 is 15.9 Å². The number of aromatic nitrogens is 1. The molecule has 0 aliphatic heterocycles. The first-order chi connectivity index (χ1) is 9.36. The van der Waals surface area contributed by atoms with Gasteiger partial charge in [-0.05, 0) is 29.7 Å². The van der Waals surface area contributed by atoms with Gasteiger partial charge >= 0.3 is 0 Å². The molecule has 2 aromatic rings. The highest BCUT2D eigenvalue weighted by Gasteiger charge is 2.22. The van der Waals surface area contributed by atoms with E-state index in [0.29, 0.717) is 17.4 Å². The van der Waals surface area contributed by atoms with E-state index in [1.54, 1.807) is 36.5 Å². The van der Waals surface area contributed by atoms with Gasteiger partial charge in [-0.3, -0.25) is 4.98 Å². The molecule has 0 spiro atoms. The number of fused-ring (bicyclic) bond motifs is 1. The third-order valence-electron chi connectivity index (χ3n) is 3.00. The number of hydrogen-bond donors (Lipinski definition) is 1. The Morgan fingerprint density at radius 3 is 2.70 bits per heavy atom. The molecule has 0 fully saturated rings. The number of nitrogens with one attached hydrogen (secondary N) is 1. The Morgan fingerprint density at radius 1 is 1.25 bits per heavy atom. The van der Waals surface area contributed by atoms with Crippen molar-refractivity contribution in [2.75, 3.05) is 11.9 Å². The summed E-state index contributed by atoms with van der Waals surface area (Å²) in [4.78, 5) is 4.45. The van der Waals surface area contributed by atoms with Crippen LogP contribution in [0.3, 0.4) is 0 Å². The maximum atomic E-state index is 12.5. The molecule has 0 atom stereocenters. The second-order valence-electron chi connectivity index (χ2n) is 5.45. The molecule has 0 saturated carbocycles. The van der Waals surface area contributed by atoms with Gasteiger partial charge in [-0.25, -0.2) is 13.1 Å². The van der Waals surface area contributed by atoms with Crippen molar-refractivity contribution in [1.29, 1.82) is 0 Å². The molecule has 1 aromatic carbocycles. The molecule has 0 saturated heterocycles. The smallest absolute Gasteiger partial charge is 0.241 e. The Kier molecular flexibility index (Phi) is 4.46. The van der Waals surface area contributed by atoms with Crippen LogP contribution in [0.25, 0.3) is 10.9 Å². The van der Waals surface area contributed by atoms with Crippen molar-refractivity contribution in [2.45, 2.75) is 18.7 Å². The van der Waals surface area contributed by atoms with Gasteiger partial charge < -0.3 is 0 Å². The Hall–Kier alpha value is -0.980. The van der Waals surface area contributed by atoms with Gasteiger partial charge in [0.2, 0.25) is 10.0 Å². The maximum absolute atomic E-state index is 12.5. The number of hydrogen-bond acceptors (Lipinski definition) is 3. The summed E-state index contributed by atoms with van der Waals surface area (Å²) in [7, 11) is -3.54. The van der Waals surface area contributed by atoms with Gasteiger partial charge in [0.1, 0.15) is 0 Å². The van der Waals surface area contributed by atoms with Crippen molar-refractivity contribution in [3.8, 4) is 0 Å². The van der Waals surface area contributed by atoms with Crippen LogP contribution in [0.1, 0.15) is 13.8 Å². The summed E-state index contributed by atoms with van der Waals surface area (Å²) in [6, 6.07) is 8.63. The third kappa shape index (κ3) is 3.37. The van der Waals surface area contributed by atoms with Crippen LogP contribution < -0.4 is 4.72 Å². The van der Waals surface area contributed by atoms with Gasteiger partial charge in [0, 0.05) is 23.5 Å². The molecule has 0 unspecified atom stereocenters. The number of alkyl halides is 1. The van der Waals surface area contributed by atoms with E-state index in [1.807, 2.05) is 13.8 Å². The van der Waals surface area contributed by atoms with E-state index < -0.39 is 10.0 Å². The van der Waals surface area contributed by atoms with Gasteiger partial charge in [0.15, 0.2) is 0 Å². The van der Waals surface area contributed by atoms with E-state index in [2.05, 4.69) is 25.6 Å².